The van der Waals surface area contributed by atoms with Crippen molar-refractivity contribution in [3.8, 4) is 0 Å². The van der Waals surface area contributed by atoms with Crippen LogP contribution in [0.5, 0.6) is 0 Å². The molecular formula is C17H28NO4+. The number of hydrogen-bond donors (Lipinski definition) is 0. The first-order chi connectivity index (χ1) is 10.5. The molecule has 3 fully saturated rings. The van der Waals surface area contributed by atoms with E-state index in [1.165, 1.54) is 0 Å². The molecular weight excluding hydrogens is 282 g/mol. The van der Waals surface area contributed by atoms with E-state index in [2.05, 4.69) is 20.8 Å². The number of esters is 2. The highest BCUT2D eigenvalue weighted by Crippen LogP contribution is 2.57. The van der Waals surface area contributed by atoms with Crippen LogP contribution in [0, 0.1) is 23.7 Å². The van der Waals surface area contributed by atoms with Crippen molar-refractivity contribution in [3.05, 3.63) is 0 Å². The molecule has 5 nitrogen and oxygen atoms in total. The minimum atomic E-state index is -0.247. The summed E-state index contributed by atoms with van der Waals surface area (Å²) < 4.78 is 11.9. The van der Waals surface area contributed by atoms with Crippen molar-refractivity contribution < 1.29 is 23.5 Å². The van der Waals surface area contributed by atoms with Crippen molar-refractivity contribution in [2.24, 2.45) is 23.7 Å². The normalized spacial score (nSPS) is 35.8. The van der Waals surface area contributed by atoms with Crippen molar-refractivity contribution in [3.63, 3.8) is 0 Å². The quantitative estimate of drug-likeness (QED) is 0.529. The molecule has 1 saturated heterocycles. The molecule has 5 heteroatoms. The maximum absolute atomic E-state index is 12.5. The van der Waals surface area contributed by atoms with E-state index in [4.69, 9.17) is 9.47 Å². The number of nitrogens with zero attached hydrogens (tertiary/aromatic N) is 1. The minimum Gasteiger partial charge on any atom is -0.462 e. The van der Waals surface area contributed by atoms with E-state index < -0.39 is 0 Å². The summed E-state index contributed by atoms with van der Waals surface area (Å²) in [7, 11) is 0. The van der Waals surface area contributed by atoms with Gasteiger partial charge < -0.3 is 14.0 Å². The Bertz CT molecular complexity index is 449. The number of ether oxygens (including phenoxy) is 2. The number of carbonyl (C=O) groups is 2. The van der Waals surface area contributed by atoms with Gasteiger partial charge in [0.1, 0.15) is 19.3 Å². The maximum Gasteiger partial charge on any atom is 0.310 e. The van der Waals surface area contributed by atoms with E-state index in [-0.39, 0.29) is 35.8 Å². The molecule has 0 aromatic heterocycles. The molecule has 0 aromatic rings. The molecule has 2 saturated carbocycles. The lowest BCUT2D eigenvalue weighted by atomic mass is 9.80. The molecule has 0 spiro atoms. The van der Waals surface area contributed by atoms with E-state index in [0.29, 0.717) is 12.5 Å². The molecule has 3 aliphatic rings. The third-order valence-corrected chi connectivity index (χ3v) is 6.58. The zero-order valence-electron chi connectivity index (χ0n) is 13.9. The van der Waals surface area contributed by atoms with Gasteiger partial charge in [0.25, 0.3) is 0 Å². The molecule has 1 heterocycles. The second kappa shape index (κ2) is 5.84. The average molecular weight is 310 g/mol. The summed E-state index contributed by atoms with van der Waals surface area (Å²) in [5.41, 5.74) is 0. The number of fused-ring (bicyclic) bond motifs is 1. The Hall–Kier alpha value is -1.10. The van der Waals surface area contributed by atoms with Crippen molar-refractivity contribution in [2.75, 3.05) is 32.8 Å². The summed E-state index contributed by atoms with van der Waals surface area (Å²) in [4.78, 5) is 24.4. The Kier molecular flexibility index (Phi) is 4.19. The van der Waals surface area contributed by atoms with E-state index in [9.17, 15) is 9.59 Å². The zero-order valence-corrected chi connectivity index (χ0v) is 13.9. The number of quaternary nitrogens is 1. The van der Waals surface area contributed by atoms with Gasteiger partial charge in [-0.15, -0.1) is 0 Å². The molecule has 0 N–H and O–H groups in total. The van der Waals surface area contributed by atoms with Crippen molar-refractivity contribution in [1.82, 2.24) is 0 Å². The summed E-state index contributed by atoms with van der Waals surface area (Å²) in [6.07, 6.45) is 1.89. The first-order valence-electron chi connectivity index (χ1n) is 8.77. The smallest absolute Gasteiger partial charge is 0.310 e. The third-order valence-electron chi connectivity index (χ3n) is 6.58. The van der Waals surface area contributed by atoms with Crippen LogP contribution in [0.4, 0.5) is 0 Å². The Morgan fingerprint density at radius 1 is 1.23 bits per heavy atom. The maximum atomic E-state index is 12.5. The third kappa shape index (κ3) is 2.34. The summed E-state index contributed by atoms with van der Waals surface area (Å²) >= 11 is 0. The highest BCUT2D eigenvalue weighted by molar-refractivity contribution is 5.85. The van der Waals surface area contributed by atoms with Crippen LogP contribution < -0.4 is 0 Å². The van der Waals surface area contributed by atoms with Crippen molar-refractivity contribution >= 4 is 11.9 Å². The monoisotopic (exact) mass is 310 g/mol. The number of hydrogen-bond acceptors (Lipinski definition) is 4. The SMILES string of the molecule is CC[N+](CC)(CC)CCOC(=O)C1C2CC3OC(=O)C1C3C2. The second-order valence-corrected chi connectivity index (χ2v) is 7.10. The van der Waals surface area contributed by atoms with Gasteiger partial charge in [0.2, 0.25) is 0 Å². The first-order valence-corrected chi connectivity index (χ1v) is 8.77. The lowest BCUT2D eigenvalue weighted by Crippen LogP contribution is -2.50. The molecule has 2 bridgehead atoms. The van der Waals surface area contributed by atoms with Crippen molar-refractivity contribution in [1.29, 1.82) is 0 Å². The molecule has 22 heavy (non-hydrogen) atoms. The Morgan fingerprint density at radius 2 is 1.91 bits per heavy atom. The van der Waals surface area contributed by atoms with Gasteiger partial charge in [0, 0.05) is 5.92 Å². The van der Waals surface area contributed by atoms with Gasteiger partial charge in [-0.2, -0.15) is 0 Å². The van der Waals surface area contributed by atoms with Crippen LogP contribution in [0.2, 0.25) is 0 Å². The lowest BCUT2D eigenvalue weighted by molar-refractivity contribution is -0.923. The van der Waals surface area contributed by atoms with Crippen molar-refractivity contribution in [2.45, 2.75) is 39.7 Å². The molecule has 2 aliphatic carbocycles. The van der Waals surface area contributed by atoms with Crippen LogP contribution in [0.3, 0.4) is 0 Å². The Morgan fingerprint density at radius 3 is 2.55 bits per heavy atom. The molecule has 5 atom stereocenters. The van der Waals surface area contributed by atoms with Gasteiger partial charge in [0.05, 0.1) is 31.5 Å². The molecule has 124 valence electrons. The number of rotatable bonds is 7. The number of carbonyl (C=O) groups excluding carboxylic acids is 2. The van der Waals surface area contributed by atoms with Crippen LogP contribution in [-0.4, -0.2) is 55.3 Å². The van der Waals surface area contributed by atoms with Crippen LogP contribution in [0.25, 0.3) is 0 Å². The van der Waals surface area contributed by atoms with E-state index >= 15 is 0 Å². The van der Waals surface area contributed by atoms with Gasteiger partial charge in [-0.05, 0) is 39.5 Å². The fourth-order valence-electron chi connectivity index (χ4n) is 4.91. The molecule has 5 unspecified atom stereocenters. The fourth-order valence-corrected chi connectivity index (χ4v) is 4.91. The Labute approximate surface area is 132 Å². The van der Waals surface area contributed by atoms with E-state index in [1.54, 1.807) is 0 Å². The molecule has 1 aliphatic heterocycles. The highest BCUT2D eigenvalue weighted by Gasteiger charge is 2.64. The summed E-state index contributed by atoms with van der Waals surface area (Å²) in [5, 5.41) is 0. The highest BCUT2D eigenvalue weighted by atomic mass is 16.6. The molecule has 0 amide bonds. The standard InChI is InChI=1S/C17H28NO4/c1-4-18(5-2,6-3)7-8-21-16(19)14-11-9-12-13(10-11)22-17(20)15(12)14/h11-15H,4-10H2,1-3H3/q+1. The molecule has 3 rings (SSSR count). The van der Waals surface area contributed by atoms with E-state index in [1.807, 2.05) is 0 Å². The first kappa shape index (κ1) is 15.8. The number of likely N-dealkylation sites (N-methyl/N-ethyl adjacent to an activating group) is 1. The fraction of sp³-hybridized carbons (Fsp3) is 0.882. The van der Waals surface area contributed by atoms with Gasteiger partial charge >= 0.3 is 11.9 Å². The summed E-state index contributed by atoms with van der Waals surface area (Å²) in [5.74, 6) is -0.246. The van der Waals surface area contributed by atoms with E-state index in [0.717, 1.165) is 43.5 Å². The van der Waals surface area contributed by atoms with Crippen LogP contribution in [0.1, 0.15) is 33.6 Å². The molecule has 0 radical (unpaired) electrons. The lowest BCUT2D eigenvalue weighted by Gasteiger charge is -2.35. The van der Waals surface area contributed by atoms with Gasteiger partial charge in [-0.1, -0.05) is 0 Å². The summed E-state index contributed by atoms with van der Waals surface area (Å²) in [6.45, 7) is 11.0. The minimum absolute atomic E-state index is 0.0798. The topological polar surface area (TPSA) is 52.6 Å². The van der Waals surface area contributed by atoms with Crippen LogP contribution in [-0.2, 0) is 19.1 Å². The Balaban J connectivity index is 1.56. The predicted molar refractivity (Wildman–Crippen MR) is 80.8 cm³/mol. The van der Waals surface area contributed by atoms with Crippen LogP contribution >= 0.6 is 0 Å². The van der Waals surface area contributed by atoms with Gasteiger partial charge in [-0.25, -0.2) is 0 Å². The van der Waals surface area contributed by atoms with Gasteiger partial charge in [0.15, 0.2) is 0 Å². The average Bonchev–Trinajstić information content (AvgIpc) is 3.13. The van der Waals surface area contributed by atoms with Crippen LogP contribution in [0.15, 0.2) is 0 Å². The largest absolute Gasteiger partial charge is 0.462 e. The zero-order chi connectivity index (χ0) is 15.9. The molecule has 0 aromatic carbocycles. The predicted octanol–water partition coefficient (Wildman–Crippen LogP) is 1.60. The summed E-state index contributed by atoms with van der Waals surface area (Å²) in [6, 6.07) is 0. The second-order valence-electron chi connectivity index (χ2n) is 7.10. The van der Waals surface area contributed by atoms with Gasteiger partial charge in [-0.3, -0.25) is 9.59 Å².